The van der Waals surface area contributed by atoms with Crippen molar-refractivity contribution >= 4 is 7.05 Å². The topological polar surface area (TPSA) is 52.9 Å². The summed E-state index contributed by atoms with van der Waals surface area (Å²) in [5, 5.41) is 17.5. The lowest BCUT2D eigenvalue weighted by Gasteiger charge is -2.31. The van der Waals surface area contributed by atoms with Gasteiger partial charge in [-0.2, -0.15) is 0 Å². The minimum absolute atomic E-state index is 0.346. The van der Waals surface area contributed by atoms with Crippen LogP contribution in [0.15, 0.2) is 0 Å². The number of hydrogen-bond donors (Lipinski definition) is 2. The van der Waals surface area contributed by atoms with Gasteiger partial charge in [0.05, 0.1) is 6.61 Å². The second-order valence-electron chi connectivity index (χ2n) is 3.41. The molecule has 0 saturated carbocycles. The molecular formula is C7H16BNO3. The molecule has 70 valence electrons. The number of piperidine rings is 1. The van der Waals surface area contributed by atoms with Crippen LogP contribution in [0.2, 0.25) is 6.82 Å². The molecule has 12 heavy (non-hydrogen) atoms. The highest BCUT2D eigenvalue weighted by Crippen LogP contribution is 2.17. The normalized spacial score (nSPS) is 21.2. The van der Waals surface area contributed by atoms with Gasteiger partial charge in [0.25, 0.3) is 0 Å². The molecule has 2 N–H and O–H groups in total. The van der Waals surface area contributed by atoms with Crippen molar-refractivity contribution in [3.63, 3.8) is 0 Å². The molecule has 0 unspecified atom stereocenters. The van der Waals surface area contributed by atoms with Crippen LogP contribution in [0.4, 0.5) is 0 Å². The monoisotopic (exact) mass is 173 g/mol. The molecule has 1 aliphatic heterocycles. The Morgan fingerprint density at radius 2 is 2.08 bits per heavy atom. The van der Waals surface area contributed by atoms with Gasteiger partial charge in [-0.3, -0.25) is 5.26 Å². The second kappa shape index (κ2) is 4.82. The van der Waals surface area contributed by atoms with Gasteiger partial charge in [0.15, 0.2) is 0 Å². The summed E-state index contributed by atoms with van der Waals surface area (Å²) in [7, 11) is -0.346. The highest BCUT2D eigenvalue weighted by molar-refractivity contribution is 6.45. The molecule has 0 radical (unpaired) electrons. The van der Waals surface area contributed by atoms with Crippen molar-refractivity contribution in [2.24, 2.45) is 5.92 Å². The molecule has 0 spiro atoms. The van der Waals surface area contributed by atoms with Crippen molar-refractivity contribution in [1.82, 2.24) is 4.81 Å². The Morgan fingerprint density at radius 1 is 1.50 bits per heavy atom. The minimum Gasteiger partial charge on any atom is -0.437 e. The first-order valence-corrected chi connectivity index (χ1v) is 4.42. The Morgan fingerprint density at radius 3 is 2.50 bits per heavy atom. The van der Waals surface area contributed by atoms with Crippen molar-refractivity contribution in [1.29, 1.82) is 0 Å². The van der Waals surface area contributed by atoms with Crippen LogP contribution in [0.1, 0.15) is 12.8 Å². The van der Waals surface area contributed by atoms with E-state index in [0.29, 0.717) is 12.5 Å². The van der Waals surface area contributed by atoms with E-state index in [9.17, 15) is 5.02 Å². The van der Waals surface area contributed by atoms with E-state index >= 15 is 0 Å². The quantitative estimate of drug-likeness (QED) is 0.366. The predicted octanol–water partition coefficient (Wildman–Crippen LogP) is 0.298. The van der Waals surface area contributed by atoms with Crippen molar-refractivity contribution in [2.75, 3.05) is 19.7 Å². The summed E-state index contributed by atoms with van der Waals surface area (Å²) in [6.45, 7) is 3.99. The number of hydrogen-bond acceptors (Lipinski definition) is 4. The van der Waals surface area contributed by atoms with Crippen LogP contribution in [-0.2, 0) is 4.89 Å². The molecule has 0 atom stereocenters. The Hall–Kier alpha value is -0.0951. The summed E-state index contributed by atoms with van der Waals surface area (Å²) in [6.07, 6.45) is 1.98. The fourth-order valence-electron chi connectivity index (χ4n) is 1.60. The van der Waals surface area contributed by atoms with Crippen molar-refractivity contribution < 1.29 is 15.2 Å². The molecule has 0 aliphatic carbocycles. The lowest BCUT2D eigenvalue weighted by molar-refractivity contribution is -0.252. The summed E-state index contributed by atoms with van der Waals surface area (Å²) in [5.74, 6) is 0.449. The first-order valence-electron chi connectivity index (χ1n) is 4.42. The fourth-order valence-corrected chi connectivity index (χ4v) is 1.60. The van der Waals surface area contributed by atoms with Gasteiger partial charge in [-0.15, -0.1) is 0 Å². The minimum atomic E-state index is -0.346. The first kappa shape index (κ1) is 9.99. The fraction of sp³-hybridized carbons (Fsp3) is 1.00. The van der Waals surface area contributed by atoms with Crippen molar-refractivity contribution in [3.8, 4) is 0 Å². The maximum Gasteiger partial charge on any atom is 0.376 e. The van der Waals surface area contributed by atoms with E-state index in [4.69, 9.17) is 5.26 Å². The SMILES string of the molecule is CB(O)N1CCC(COO)CC1. The predicted molar refractivity (Wildman–Crippen MR) is 46.7 cm³/mol. The van der Waals surface area contributed by atoms with Crippen LogP contribution in [0.3, 0.4) is 0 Å². The number of nitrogens with zero attached hydrogens (tertiary/aromatic N) is 1. The number of rotatable bonds is 3. The van der Waals surface area contributed by atoms with Crippen LogP contribution in [0.25, 0.3) is 0 Å². The smallest absolute Gasteiger partial charge is 0.376 e. The maximum atomic E-state index is 9.24. The van der Waals surface area contributed by atoms with Gasteiger partial charge in [-0.1, -0.05) is 0 Å². The zero-order valence-electron chi connectivity index (χ0n) is 7.44. The first-order chi connectivity index (χ1) is 5.74. The largest absolute Gasteiger partial charge is 0.437 e. The van der Waals surface area contributed by atoms with E-state index in [1.54, 1.807) is 6.82 Å². The molecule has 1 saturated heterocycles. The van der Waals surface area contributed by atoms with Gasteiger partial charge in [0.1, 0.15) is 0 Å². The van der Waals surface area contributed by atoms with E-state index in [-0.39, 0.29) is 7.05 Å². The van der Waals surface area contributed by atoms with Gasteiger partial charge in [0, 0.05) is 0 Å². The van der Waals surface area contributed by atoms with Gasteiger partial charge in [-0.05, 0) is 38.7 Å². The lowest BCUT2D eigenvalue weighted by atomic mass is 9.81. The van der Waals surface area contributed by atoms with Gasteiger partial charge >= 0.3 is 7.05 Å². The summed E-state index contributed by atoms with van der Waals surface area (Å²) in [4.78, 5) is 6.12. The highest BCUT2D eigenvalue weighted by atomic mass is 17.1. The Bertz CT molecular complexity index is 126. The molecular weight excluding hydrogens is 157 g/mol. The molecule has 0 aromatic rings. The third kappa shape index (κ3) is 2.75. The molecule has 0 bridgehead atoms. The van der Waals surface area contributed by atoms with Gasteiger partial charge < -0.3 is 9.83 Å². The standard InChI is InChI=1S/C7H16BNO3/c1-8(10)9-4-2-7(3-5-9)6-12-11/h7,10-11H,2-6H2,1H3. The Kier molecular flexibility index (Phi) is 4.01. The van der Waals surface area contributed by atoms with E-state index in [2.05, 4.69) is 4.89 Å². The van der Waals surface area contributed by atoms with Crippen molar-refractivity contribution in [3.05, 3.63) is 0 Å². The van der Waals surface area contributed by atoms with E-state index < -0.39 is 0 Å². The average Bonchev–Trinajstić information content (AvgIpc) is 2.06. The third-order valence-corrected chi connectivity index (χ3v) is 2.49. The Balaban J connectivity index is 2.20. The summed E-state index contributed by atoms with van der Waals surface area (Å²) < 4.78 is 0. The molecule has 1 rings (SSSR count). The van der Waals surface area contributed by atoms with Crippen LogP contribution >= 0.6 is 0 Å². The Labute approximate surface area is 73.2 Å². The molecule has 1 fully saturated rings. The van der Waals surface area contributed by atoms with Gasteiger partial charge in [-0.25, -0.2) is 4.89 Å². The zero-order valence-corrected chi connectivity index (χ0v) is 7.44. The van der Waals surface area contributed by atoms with Crippen LogP contribution in [0.5, 0.6) is 0 Å². The van der Waals surface area contributed by atoms with Crippen LogP contribution in [-0.4, -0.2) is 41.8 Å². The molecule has 0 amide bonds. The molecule has 1 heterocycles. The van der Waals surface area contributed by atoms with Crippen LogP contribution < -0.4 is 0 Å². The maximum absolute atomic E-state index is 9.24. The van der Waals surface area contributed by atoms with E-state index in [0.717, 1.165) is 25.9 Å². The summed E-state index contributed by atoms with van der Waals surface area (Å²) >= 11 is 0. The molecule has 4 nitrogen and oxygen atoms in total. The summed E-state index contributed by atoms with van der Waals surface area (Å²) in [6, 6.07) is 0. The molecule has 1 aliphatic rings. The average molecular weight is 173 g/mol. The summed E-state index contributed by atoms with van der Waals surface area (Å²) in [5.41, 5.74) is 0. The van der Waals surface area contributed by atoms with Crippen molar-refractivity contribution in [2.45, 2.75) is 19.7 Å². The lowest BCUT2D eigenvalue weighted by Crippen LogP contribution is -2.43. The molecule has 5 heteroatoms. The second-order valence-corrected chi connectivity index (χ2v) is 3.41. The van der Waals surface area contributed by atoms with E-state index in [1.165, 1.54) is 0 Å². The highest BCUT2D eigenvalue weighted by Gasteiger charge is 2.23. The molecule has 0 aromatic heterocycles. The van der Waals surface area contributed by atoms with Gasteiger partial charge in [0.2, 0.25) is 0 Å². The third-order valence-electron chi connectivity index (χ3n) is 2.49. The molecule has 0 aromatic carbocycles. The van der Waals surface area contributed by atoms with Crippen LogP contribution in [0, 0.1) is 5.92 Å². The zero-order chi connectivity index (χ0) is 8.97. The van der Waals surface area contributed by atoms with E-state index in [1.807, 2.05) is 4.81 Å².